The Balaban J connectivity index is 1.03. The highest BCUT2D eigenvalue weighted by Gasteiger charge is 2.51. The molecule has 0 bridgehead atoms. The van der Waals surface area contributed by atoms with Crippen LogP contribution in [0.5, 0.6) is 0 Å². The first-order valence-corrected chi connectivity index (χ1v) is 19.3. The Morgan fingerprint density at radius 2 is 0.825 bits per heavy atom. The van der Waals surface area contributed by atoms with Crippen molar-refractivity contribution < 1.29 is 0 Å². The summed E-state index contributed by atoms with van der Waals surface area (Å²) in [5.74, 6) is 0.690. The largest absolute Gasteiger partial charge is 0.238 e. The minimum Gasteiger partial charge on any atom is -0.238 e. The third-order valence-corrected chi connectivity index (χ3v) is 11.7. The van der Waals surface area contributed by atoms with Crippen LogP contribution >= 0.6 is 0 Å². The summed E-state index contributed by atoms with van der Waals surface area (Å²) in [7, 11) is 0. The van der Waals surface area contributed by atoms with Gasteiger partial charge in [-0.3, -0.25) is 0 Å². The summed E-state index contributed by atoms with van der Waals surface area (Å²) in [6.45, 7) is 7.82. The Hall–Kier alpha value is -7.67. The Morgan fingerprint density at radius 3 is 1.51 bits per heavy atom. The lowest BCUT2D eigenvalue weighted by Crippen LogP contribution is -2.25. The lowest BCUT2D eigenvalue weighted by molar-refractivity contribution is 0.794. The number of aromatic nitrogens is 2. The van der Waals surface area contributed by atoms with Crippen LogP contribution in [-0.2, 0) is 5.41 Å². The average molecular weight is 724 g/mol. The molecule has 0 saturated carbocycles. The molecule has 0 amide bonds. The zero-order chi connectivity index (χ0) is 37.9. The molecule has 1 spiro atoms. The van der Waals surface area contributed by atoms with Crippen molar-refractivity contribution in [1.82, 2.24) is 9.97 Å². The maximum absolute atomic E-state index is 7.82. The van der Waals surface area contributed by atoms with E-state index in [-0.39, 0.29) is 0 Å². The van der Waals surface area contributed by atoms with Gasteiger partial charge in [0, 0.05) is 16.7 Å². The van der Waals surface area contributed by atoms with Gasteiger partial charge >= 0.3 is 0 Å². The van der Waals surface area contributed by atoms with Crippen LogP contribution in [0.2, 0.25) is 0 Å². The van der Waals surface area contributed by atoms with Crippen molar-refractivity contribution in [2.24, 2.45) is 0 Å². The van der Waals surface area contributed by atoms with Crippen LogP contribution in [0.15, 0.2) is 200 Å². The van der Waals surface area contributed by atoms with Crippen LogP contribution in [0.25, 0.3) is 83.3 Å². The summed E-state index contributed by atoms with van der Waals surface area (Å²) >= 11 is 0. The van der Waals surface area contributed by atoms with E-state index in [0.29, 0.717) is 11.5 Å². The molecular weight excluding hydrogens is 691 g/mol. The lowest BCUT2D eigenvalue weighted by Gasteiger charge is -2.30. The zero-order valence-corrected chi connectivity index (χ0v) is 30.9. The van der Waals surface area contributed by atoms with Crippen LogP contribution in [-0.4, -0.2) is 9.97 Å². The van der Waals surface area contributed by atoms with E-state index >= 15 is 0 Å². The van der Waals surface area contributed by atoms with Gasteiger partial charge < -0.3 is 0 Å². The molecule has 0 radical (unpaired) electrons. The highest BCUT2D eigenvalue weighted by atomic mass is 14.9. The fourth-order valence-corrected chi connectivity index (χ4v) is 9.16. The van der Waals surface area contributed by atoms with Crippen molar-refractivity contribution in [2.75, 3.05) is 0 Å². The number of hydrogen-bond donors (Lipinski definition) is 0. The van der Waals surface area contributed by atoms with Crippen molar-refractivity contribution in [3.63, 3.8) is 0 Å². The number of rotatable bonds is 5. The summed E-state index contributed by atoms with van der Waals surface area (Å²) < 4.78 is 0. The first-order chi connectivity index (χ1) is 28.2. The molecule has 11 rings (SSSR count). The molecule has 1 heterocycles. The maximum Gasteiger partial charge on any atom is 0.187 e. The molecule has 0 aliphatic heterocycles. The van der Waals surface area contributed by atoms with Crippen LogP contribution in [0, 0.1) is 6.57 Å². The summed E-state index contributed by atoms with van der Waals surface area (Å²) in [5.41, 5.74) is 19.4. The van der Waals surface area contributed by atoms with Gasteiger partial charge in [-0.25, -0.2) is 14.8 Å². The molecule has 0 saturated heterocycles. The third kappa shape index (κ3) is 5.12. The van der Waals surface area contributed by atoms with Gasteiger partial charge in [0.1, 0.15) is 0 Å². The van der Waals surface area contributed by atoms with Gasteiger partial charge in [-0.05, 0) is 91.0 Å². The molecule has 1 aromatic heterocycles. The highest BCUT2D eigenvalue weighted by molar-refractivity contribution is 5.96. The topological polar surface area (TPSA) is 30.1 Å². The smallest absolute Gasteiger partial charge is 0.187 e. The van der Waals surface area contributed by atoms with Gasteiger partial charge in [-0.15, -0.1) is 0 Å². The van der Waals surface area contributed by atoms with Gasteiger partial charge in [0.05, 0.1) is 23.4 Å². The van der Waals surface area contributed by atoms with Gasteiger partial charge in [0.2, 0.25) is 0 Å². The van der Waals surface area contributed by atoms with Gasteiger partial charge in [-0.1, -0.05) is 176 Å². The molecule has 3 heteroatoms. The number of nitrogens with zero attached hydrogens (tertiary/aromatic N) is 3. The quantitative estimate of drug-likeness (QED) is 0.166. The van der Waals surface area contributed by atoms with Crippen molar-refractivity contribution in [3.8, 4) is 78.4 Å². The number of hydrogen-bond acceptors (Lipinski definition) is 2. The first-order valence-electron chi connectivity index (χ1n) is 19.3. The molecule has 9 aromatic rings. The van der Waals surface area contributed by atoms with Gasteiger partial charge in [0.15, 0.2) is 11.5 Å². The highest BCUT2D eigenvalue weighted by Crippen LogP contribution is 2.63. The molecule has 0 atom stereocenters. The van der Waals surface area contributed by atoms with Crippen LogP contribution in [0.1, 0.15) is 22.3 Å². The van der Waals surface area contributed by atoms with E-state index in [9.17, 15) is 0 Å². The minimum absolute atomic E-state index is 0.475. The minimum atomic E-state index is -0.475. The summed E-state index contributed by atoms with van der Waals surface area (Å²) in [6, 6.07) is 70.9. The maximum atomic E-state index is 7.82. The fourth-order valence-electron chi connectivity index (χ4n) is 9.16. The summed E-state index contributed by atoms with van der Waals surface area (Å²) in [5, 5.41) is 0. The Labute approximate surface area is 332 Å². The molecule has 0 unspecified atom stereocenters. The number of benzene rings is 8. The SMILES string of the molecule is [C-]#[N+]c1ccc2c(c1)-c1ccc(-c3ccc(-c4cc(-c5ccccc5)nc(-c5cccc(-c6ccccc6)c5)n4)cc3)cc1C21c2ccccc2-c2ccccc21. The van der Waals surface area contributed by atoms with E-state index in [2.05, 4.69) is 175 Å². The first kappa shape index (κ1) is 32.7. The van der Waals surface area contributed by atoms with Gasteiger partial charge in [0.25, 0.3) is 0 Å². The summed E-state index contributed by atoms with van der Waals surface area (Å²) in [4.78, 5) is 14.1. The fraction of sp³-hybridized carbons (Fsp3) is 0.0185. The third-order valence-electron chi connectivity index (χ3n) is 11.7. The van der Waals surface area contributed by atoms with E-state index in [1.807, 2.05) is 30.3 Å². The van der Waals surface area contributed by atoms with Crippen molar-refractivity contribution in [2.45, 2.75) is 5.41 Å². The monoisotopic (exact) mass is 723 g/mol. The summed E-state index contributed by atoms with van der Waals surface area (Å²) in [6.07, 6.45) is 0. The standard InChI is InChI=1S/C54H33N3/c1-55-42-28-30-49-46(33-42)45-29-27-40(32-50(45)54(49)47-21-10-8-19-43(47)44-20-9-11-22-48(44)54)36-23-25-38(26-24-36)52-34-51(37-15-6-3-7-16-37)56-53(57-52)41-18-12-17-39(31-41)35-13-4-2-5-14-35/h2-34H. The lowest BCUT2D eigenvalue weighted by atomic mass is 9.70. The van der Waals surface area contributed by atoms with Crippen LogP contribution in [0.4, 0.5) is 5.69 Å². The van der Waals surface area contributed by atoms with E-state index in [0.717, 1.165) is 55.9 Å². The van der Waals surface area contributed by atoms with E-state index in [1.54, 1.807) is 0 Å². The predicted molar refractivity (Wildman–Crippen MR) is 232 cm³/mol. The molecule has 2 aliphatic carbocycles. The molecular formula is C54H33N3. The molecule has 2 aliphatic rings. The van der Waals surface area contributed by atoms with Crippen LogP contribution in [0.3, 0.4) is 0 Å². The van der Waals surface area contributed by atoms with E-state index in [4.69, 9.17) is 16.5 Å². The van der Waals surface area contributed by atoms with Crippen molar-refractivity contribution in [3.05, 3.63) is 234 Å². The molecule has 0 fully saturated rings. The molecule has 264 valence electrons. The number of fused-ring (bicyclic) bond motifs is 10. The van der Waals surface area contributed by atoms with Crippen molar-refractivity contribution >= 4 is 5.69 Å². The predicted octanol–water partition coefficient (Wildman–Crippen LogP) is 13.7. The molecule has 57 heavy (non-hydrogen) atoms. The Kier molecular flexibility index (Phi) is 7.45. The second kappa shape index (κ2) is 13.0. The van der Waals surface area contributed by atoms with Gasteiger partial charge in [-0.2, -0.15) is 0 Å². The molecule has 0 N–H and O–H groups in total. The average Bonchev–Trinajstić information content (AvgIpc) is 3.76. The van der Waals surface area contributed by atoms with Crippen LogP contribution < -0.4 is 0 Å². The molecule has 8 aromatic carbocycles. The Bertz CT molecular complexity index is 3020. The van der Waals surface area contributed by atoms with Crippen molar-refractivity contribution in [1.29, 1.82) is 0 Å². The molecule has 3 nitrogen and oxygen atoms in total. The van der Waals surface area contributed by atoms with E-state index in [1.165, 1.54) is 38.9 Å². The zero-order valence-electron chi connectivity index (χ0n) is 30.9. The second-order valence-corrected chi connectivity index (χ2v) is 14.8. The van der Waals surface area contributed by atoms with E-state index < -0.39 is 5.41 Å². The normalized spacial score (nSPS) is 12.7. The Morgan fingerprint density at radius 1 is 0.333 bits per heavy atom. The second-order valence-electron chi connectivity index (χ2n) is 14.8.